The first-order valence-corrected chi connectivity index (χ1v) is 9.29. The smallest absolute Gasteiger partial charge is 0.284 e. The highest BCUT2D eigenvalue weighted by Crippen LogP contribution is 2.16. The van der Waals surface area contributed by atoms with Crippen LogP contribution in [0.2, 0.25) is 0 Å². The predicted molar refractivity (Wildman–Crippen MR) is 88.9 cm³/mol. The van der Waals surface area contributed by atoms with Crippen LogP contribution < -0.4 is 5.32 Å². The number of hydrogen-bond acceptors (Lipinski definition) is 5. The second-order valence-electron chi connectivity index (χ2n) is 4.91. The first kappa shape index (κ1) is 16.3. The van der Waals surface area contributed by atoms with Gasteiger partial charge in [-0.1, -0.05) is 12.1 Å². The van der Waals surface area contributed by atoms with Gasteiger partial charge in [-0.25, -0.2) is 17.8 Å². The zero-order valence-electron chi connectivity index (χ0n) is 12.2. The Balaban J connectivity index is 1.75. The van der Waals surface area contributed by atoms with Gasteiger partial charge in [-0.15, -0.1) is 11.3 Å². The van der Waals surface area contributed by atoms with Gasteiger partial charge in [-0.05, 0) is 23.8 Å². The molecule has 1 N–H and O–H groups in total. The largest absolute Gasteiger partial charge is 0.319 e. The summed E-state index contributed by atoms with van der Waals surface area (Å²) in [5.41, 5.74) is 0.676. The summed E-state index contributed by atoms with van der Waals surface area (Å²) >= 11 is 1.18. The number of halogens is 1. The fraction of sp³-hybridized carbons (Fsp3) is 0.0667. The van der Waals surface area contributed by atoms with E-state index in [-0.39, 0.29) is 10.8 Å². The number of aromatic nitrogens is 2. The summed E-state index contributed by atoms with van der Waals surface area (Å²) in [6, 6.07) is 6.88. The van der Waals surface area contributed by atoms with Crippen LogP contribution in [-0.4, -0.2) is 23.3 Å². The minimum atomic E-state index is -3.71. The van der Waals surface area contributed by atoms with E-state index in [0.29, 0.717) is 11.3 Å². The monoisotopic (exact) mass is 365 g/mol. The summed E-state index contributed by atoms with van der Waals surface area (Å²) < 4.78 is 38.9. The van der Waals surface area contributed by atoms with E-state index in [2.05, 4.69) is 10.3 Å². The lowest BCUT2D eigenvalue weighted by Crippen LogP contribution is -2.14. The zero-order valence-corrected chi connectivity index (χ0v) is 13.8. The van der Waals surface area contributed by atoms with Crippen molar-refractivity contribution in [3.05, 3.63) is 70.7 Å². The Bertz CT molecular complexity index is 966. The molecule has 0 spiro atoms. The number of nitrogens with one attached hydrogen (secondary N) is 1. The minimum absolute atomic E-state index is 0.283. The summed E-state index contributed by atoms with van der Waals surface area (Å²) in [4.78, 5) is 15.8. The molecule has 0 saturated heterocycles. The lowest BCUT2D eigenvalue weighted by molar-refractivity contribution is 0.102. The fourth-order valence-electron chi connectivity index (χ4n) is 2.06. The van der Waals surface area contributed by atoms with Crippen LogP contribution in [0, 0.1) is 5.82 Å². The maximum atomic E-state index is 13.2. The average Bonchev–Trinajstić information content (AvgIpc) is 3.18. The third-order valence-corrected chi connectivity index (χ3v) is 5.45. The molecule has 3 rings (SSSR count). The van der Waals surface area contributed by atoms with Crippen molar-refractivity contribution < 1.29 is 17.6 Å². The Hall–Kier alpha value is -2.52. The third-order valence-electron chi connectivity index (χ3n) is 3.11. The molecule has 0 aliphatic carbocycles. The van der Waals surface area contributed by atoms with E-state index in [0.717, 1.165) is 3.97 Å². The Morgan fingerprint density at radius 1 is 1.33 bits per heavy atom. The third kappa shape index (κ3) is 3.69. The first-order chi connectivity index (χ1) is 11.4. The molecule has 24 heavy (non-hydrogen) atoms. The molecule has 0 aliphatic rings. The number of carbonyl (C=O) groups is 1. The van der Waals surface area contributed by atoms with Crippen LogP contribution in [0.25, 0.3) is 0 Å². The van der Waals surface area contributed by atoms with Gasteiger partial charge in [-0.2, -0.15) is 0 Å². The van der Waals surface area contributed by atoms with Crippen LogP contribution in [-0.2, 0) is 15.8 Å². The van der Waals surface area contributed by atoms with Gasteiger partial charge in [0.25, 0.3) is 5.91 Å². The van der Waals surface area contributed by atoms with Crippen molar-refractivity contribution in [1.29, 1.82) is 0 Å². The van der Waals surface area contributed by atoms with Gasteiger partial charge in [-0.3, -0.25) is 8.77 Å². The first-order valence-electron chi connectivity index (χ1n) is 6.80. The van der Waals surface area contributed by atoms with Crippen LogP contribution >= 0.6 is 11.3 Å². The Labute approximate surface area is 141 Å². The van der Waals surface area contributed by atoms with Gasteiger partial charge < -0.3 is 5.32 Å². The zero-order chi connectivity index (χ0) is 17.2. The van der Waals surface area contributed by atoms with Gasteiger partial charge >= 0.3 is 0 Å². The van der Waals surface area contributed by atoms with Crippen LogP contribution in [0.5, 0.6) is 0 Å². The molecule has 0 fully saturated rings. The van der Waals surface area contributed by atoms with Crippen molar-refractivity contribution in [3.63, 3.8) is 0 Å². The van der Waals surface area contributed by atoms with Gasteiger partial charge in [0.1, 0.15) is 5.82 Å². The molecule has 124 valence electrons. The molecule has 6 nitrogen and oxygen atoms in total. The molecule has 0 atom stereocenters. The molecule has 0 saturated carbocycles. The summed E-state index contributed by atoms with van der Waals surface area (Å²) in [5.74, 6) is -1.25. The van der Waals surface area contributed by atoms with Gasteiger partial charge in [0.15, 0.2) is 5.01 Å². The van der Waals surface area contributed by atoms with Crippen molar-refractivity contribution in [2.24, 2.45) is 0 Å². The Kier molecular flexibility index (Phi) is 4.45. The van der Waals surface area contributed by atoms with Crippen LogP contribution in [0.4, 0.5) is 10.1 Å². The number of hydrogen-bond donors (Lipinski definition) is 1. The molecule has 9 heteroatoms. The highest BCUT2D eigenvalue weighted by molar-refractivity contribution is 7.89. The van der Waals surface area contributed by atoms with Crippen molar-refractivity contribution in [3.8, 4) is 0 Å². The van der Waals surface area contributed by atoms with E-state index in [9.17, 15) is 17.6 Å². The summed E-state index contributed by atoms with van der Waals surface area (Å²) in [6.07, 6.45) is 4.13. The van der Waals surface area contributed by atoms with Gasteiger partial charge in [0, 0.05) is 24.0 Å². The maximum absolute atomic E-state index is 13.2. The number of rotatable bonds is 5. The van der Waals surface area contributed by atoms with Crippen LogP contribution in [0.1, 0.15) is 15.4 Å². The number of amides is 1. The van der Waals surface area contributed by atoms with E-state index in [1.54, 1.807) is 5.38 Å². The number of nitrogens with zero attached hydrogens (tertiary/aromatic N) is 2. The average molecular weight is 365 g/mol. The topological polar surface area (TPSA) is 81.1 Å². The highest BCUT2D eigenvalue weighted by Gasteiger charge is 2.16. The van der Waals surface area contributed by atoms with E-state index in [1.165, 1.54) is 60.3 Å². The SMILES string of the molecule is O=C(Nc1ccn(S(=O)(=O)Cc2cccc(F)c2)c1)c1nccs1. The maximum Gasteiger partial charge on any atom is 0.284 e. The lowest BCUT2D eigenvalue weighted by Gasteiger charge is -2.06. The minimum Gasteiger partial charge on any atom is -0.319 e. The number of thiazole rings is 1. The summed E-state index contributed by atoms with van der Waals surface area (Å²) in [6.45, 7) is 0. The number of carbonyl (C=O) groups excluding carboxylic acids is 1. The molecule has 0 bridgehead atoms. The van der Waals surface area contributed by atoms with Gasteiger partial charge in [0.05, 0.1) is 11.4 Å². The van der Waals surface area contributed by atoms with E-state index in [1.807, 2.05) is 0 Å². The molecule has 1 amide bonds. The Morgan fingerprint density at radius 3 is 2.88 bits per heavy atom. The highest BCUT2D eigenvalue weighted by atomic mass is 32.2. The van der Waals surface area contributed by atoms with Gasteiger partial charge in [0.2, 0.25) is 10.0 Å². The second-order valence-corrected chi connectivity index (χ2v) is 7.68. The molecule has 0 radical (unpaired) electrons. The number of benzene rings is 1. The van der Waals surface area contributed by atoms with Crippen molar-refractivity contribution in [2.45, 2.75) is 5.75 Å². The molecular formula is C15H12FN3O3S2. The van der Waals surface area contributed by atoms with E-state index >= 15 is 0 Å². The van der Waals surface area contributed by atoms with E-state index < -0.39 is 21.7 Å². The molecule has 0 aliphatic heterocycles. The van der Waals surface area contributed by atoms with Crippen molar-refractivity contribution in [2.75, 3.05) is 5.32 Å². The molecule has 3 aromatic rings. The van der Waals surface area contributed by atoms with Crippen molar-refractivity contribution >= 4 is 33.0 Å². The van der Waals surface area contributed by atoms with E-state index in [4.69, 9.17) is 0 Å². The summed E-state index contributed by atoms with van der Waals surface area (Å²) in [5, 5.41) is 4.53. The van der Waals surface area contributed by atoms with Crippen molar-refractivity contribution in [1.82, 2.24) is 8.96 Å². The molecule has 2 aromatic heterocycles. The number of anilines is 1. The molecule has 0 unspecified atom stereocenters. The molecule has 1 aromatic carbocycles. The van der Waals surface area contributed by atoms with Crippen LogP contribution in [0.15, 0.2) is 54.3 Å². The van der Waals surface area contributed by atoms with Crippen LogP contribution in [0.3, 0.4) is 0 Å². The summed E-state index contributed by atoms with van der Waals surface area (Å²) in [7, 11) is -3.71. The fourth-order valence-corrected chi connectivity index (χ4v) is 3.86. The quantitative estimate of drug-likeness (QED) is 0.754. The second kappa shape index (κ2) is 6.54. The molecular weight excluding hydrogens is 353 g/mol. The predicted octanol–water partition coefficient (Wildman–Crippen LogP) is 2.71. The Morgan fingerprint density at radius 2 is 2.17 bits per heavy atom. The lowest BCUT2D eigenvalue weighted by atomic mass is 10.2. The standard InChI is InChI=1S/C15H12FN3O3S2/c16-12-3-1-2-11(8-12)10-24(21,22)19-6-4-13(9-19)18-14(20)15-17-5-7-23-15/h1-9H,10H2,(H,18,20). The normalized spacial score (nSPS) is 11.4. The molecule has 2 heterocycles.